The van der Waals surface area contributed by atoms with Crippen molar-refractivity contribution in [3.05, 3.63) is 47.5 Å². The molecule has 0 atom stereocenters. The lowest BCUT2D eigenvalue weighted by atomic mass is 10.0. The van der Waals surface area contributed by atoms with E-state index >= 15 is 0 Å². The standard InChI is InChI=1S/C24H36OSi/c1-8-9-13-22(18-24(25)23-14-11-10-12-15-23)16-17-26(19(2)3,20(4)5)21(6)7/h10-12,14-15,18-21H,8-9,13H2,1-7H3/b22-18+. The highest BCUT2D eigenvalue weighted by atomic mass is 28.3. The Labute approximate surface area is 162 Å². The Kier molecular flexibility index (Phi) is 9.09. The number of unbranched alkanes of at least 4 members (excludes halogenated alkanes) is 1. The van der Waals surface area contributed by atoms with E-state index in [0.717, 1.165) is 30.4 Å². The summed E-state index contributed by atoms with van der Waals surface area (Å²) in [6.07, 6.45) is 4.85. The fourth-order valence-electron chi connectivity index (χ4n) is 4.00. The van der Waals surface area contributed by atoms with E-state index in [1.807, 2.05) is 30.3 Å². The average molecular weight is 369 g/mol. The van der Waals surface area contributed by atoms with E-state index < -0.39 is 8.07 Å². The third-order valence-corrected chi connectivity index (χ3v) is 11.8. The predicted octanol–water partition coefficient (Wildman–Crippen LogP) is 7.21. The van der Waals surface area contributed by atoms with E-state index in [1.165, 1.54) is 0 Å². The molecule has 0 heterocycles. The Morgan fingerprint density at radius 2 is 1.54 bits per heavy atom. The van der Waals surface area contributed by atoms with Gasteiger partial charge in [-0.05, 0) is 35.5 Å². The third-order valence-electron chi connectivity index (χ3n) is 5.47. The minimum Gasteiger partial charge on any atom is -0.289 e. The Morgan fingerprint density at radius 1 is 1.00 bits per heavy atom. The van der Waals surface area contributed by atoms with Crippen molar-refractivity contribution in [1.82, 2.24) is 0 Å². The molecule has 0 spiro atoms. The molecule has 1 aromatic carbocycles. The summed E-state index contributed by atoms with van der Waals surface area (Å²) in [6.45, 7) is 16.1. The second-order valence-corrected chi connectivity index (χ2v) is 13.7. The van der Waals surface area contributed by atoms with Crippen LogP contribution >= 0.6 is 0 Å². The van der Waals surface area contributed by atoms with Gasteiger partial charge in [0.1, 0.15) is 8.07 Å². The minimum atomic E-state index is -1.77. The van der Waals surface area contributed by atoms with Crippen LogP contribution in [0.3, 0.4) is 0 Å². The van der Waals surface area contributed by atoms with E-state index in [4.69, 9.17) is 0 Å². The number of ketones is 1. The van der Waals surface area contributed by atoms with Gasteiger partial charge < -0.3 is 0 Å². The maximum atomic E-state index is 12.6. The number of carbonyl (C=O) groups excluding carboxylic acids is 1. The largest absolute Gasteiger partial charge is 0.289 e. The molecule has 0 aliphatic carbocycles. The molecule has 0 saturated carbocycles. The first kappa shape index (κ1) is 22.4. The van der Waals surface area contributed by atoms with Gasteiger partial charge in [-0.15, -0.1) is 5.54 Å². The van der Waals surface area contributed by atoms with Crippen molar-refractivity contribution < 1.29 is 4.79 Å². The van der Waals surface area contributed by atoms with Crippen molar-refractivity contribution in [3.8, 4) is 11.5 Å². The van der Waals surface area contributed by atoms with Gasteiger partial charge in [0.15, 0.2) is 5.78 Å². The topological polar surface area (TPSA) is 17.1 Å². The molecule has 26 heavy (non-hydrogen) atoms. The van der Waals surface area contributed by atoms with Gasteiger partial charge in [-0.2, -0.15) is 0 Å². The fraction of sp³-hybridized carbons (Fsp3) is 0.542. The van der Waals surface area contributed by atoms with Crippen molar-refractivity contribution in [1.29, 1.82) is 0 Å². The average Bonchev–Trinajstić information content (AvgIpc) is 2.59. The predicted molar refractivity (Wildman–Crippen MR) is 117 cm³/mol. The van der Waals surface area contributed by atoms with Crippen molar-refractivity contribution in [3.63, 3.8) is 0 Å². The number of allylic oxidation sites excluding steroid dienone is 2. The van der Waals surface area contributed by atoms with E-state index in [1.54, 1.807) is 6.08 Å². The lowest BCUT2D eigenvalue weighted by Gasteiger charge is -2.38. The zero-order chi connectivity index (χ0) is 19.7. The molecule has 0 amide bonds. The molecule has 1 aromatic rings. The fourth-order valence-corrected chi connectivity index (χ4v) is 9.25. The van der Waals surface area contributed by atoms with Crippen LogP contribution in [0.25, 0.3) is 0 Å². The molecule has 0 bridgehead atoms. The van der Waals surface area contributed by atoms with Gasteiger partial charge in [0.2, 0.25) is 0 Å². The summed E-state index contributed by atoms with van der Waals surface area (Å²) in [5.41, 5.74) is 7.32. The van der Waals surface area contributed by atoms with E-state index in [0.29, 0.717) is 16.6 Å². The van der Waals surface area contributed by atoms with E-state index in [9.17, 15) is 4.79 Å². The lowest BCUT2D eigenvalue weighted by Crippen LogP contribution is -2.43. The first-order valence-corrected chi connectivity index (χ1v) is 12.3. The Balaban J connectivity index is 3.28. The van der Waals surface area contributed by atoms with Crippen molar-refractivity contribution >= 4 is 13.9 Å². The molecule has 0 aliphatic heterocycles. The molecule has 2 heteroatoms. The Morgan fingerprint density at radius 3 is 2.00 bits per heavy atom. The lowest BCUT2D eigenvalue weighted by molar-refractivity contribution is 0.104. The van der Waals surface area contributed by atoms with Crippen molar-refractivity contribution in [2.45, 2.75) is 84.4 Å². The minimum absolute atomic E-state index is 0.0666. The van der Waals surface area contributed by atoms with Crippen LogP contribution < -0.4 is 0 Å². The molecule has 0 radical (unpaired) electrons. The number of carbonyl (C=O) groups is 1. The van der Waals surface area contributed by atoms with Gasteiger partial charge in [-0.25, -0.2) is 0 Å². The third kappa shape index (κ3) is 5.71. The molecule has 0 unspecified atom stereocenters. The van der Waals surface area contributed by atoms with Crippen LogP contribution in [-0.2, 0) is 0 Å². The molecule has 1 rings (SSSR count). The zero-order valence-corrected chi connectivity index (χ0v) is 18.7. The molecule has 142 valence electrons. The van der Waals surface area contributed by atoms with E-state index in [2.05, 4.69) is 59.9 Å². The molecule has 0 saturated heterocycles. The maximum Gasteiger partial charge on any atom is 0.186 e. The van der Waals surface area contributed by atoms with Crippen LogP contribution in [0.1, 0.15) is 78.1 Å². The number of rotatable bonds is 8. The highest BCUT2D eigenvalue weighted by Crippen LogP contribution is 2.40. The molecular weight excluding hydrogens is 332 g/mol. The summed E-state index contributed by atoms with van der Waals surface area (Å²) in [6, 6.07) is 9.50. The molecule has 0 N–H and O–H groups in total. The highest BCUT2D eigenvalue weighted by molar-refractivity contribution is 6.90. The number of hydrogen-bond acceptors (Lipinski definition) is 1. The van der Waals surface area contributed by atoms with Crippen LogP contribution in [0, 0.1) is 11.5 Å². The summed E-state index contributed by atoms with van der Waals surface area (Å²) in [7, 11) is -1.77. The van der Waals surface area contributed by atoms with E-state index in [-0.39, 0.29) is 5.78 Å². The van der Waals surface area contributed by atoms with Crippen LogP contribution in [0.5, 0.6) is 0 Å². The van der Waals surface area contributed by atoms with Crippen LogP contribution in [0.2, 0.25) is 16.6 Å². The SMILES string of the molecule is CCCC/C(C#C[Si](C(C)C)(C(C)C)C(C)C)=C\C(=O)c1ccccc1. The zero-order valence-electron chi connectivity index (χ0n) is 17.7. The Bertz CT molecular complexity index is 635. The van der Waals surface area contributed by atoms with Gasteiger partial charge >= 0.3 is 0 Å². The van der Waals surface area contributed by atoms with Crippen molar-refractivity contribution in [2.75, 3.05) is 0 Å². The summed E-state index contributed by atoms with van der Waals surface area (Å²) in [5, 5.41) is 0. The normalized spacial score (nSPS) is 12.5. The molecule has 1 nitrogen and oxygen atoms in total. The van der Waals surface area contributed by atoms with Gasteiger partial charge in [-0.3, -0.25) is 4.79 Å². The molecular formula is C24H36OSi. The van der Waals surface area contributed by atoms with Crippen LogP contribution in [0.4, 0.5) is 0 Å². The monoisotopic (exact) mass is 368 g/mol. The second kappa shape index (κ2) is 10.5. The van der Waals surface area contributed by atoms with Gasteiger partial charge in [0.05, 0.1) is 0 Å². The quantitative estimate of drug-likeness (QED) is 0.205. The van der Waals surface area contributed by atoms with Gasteiger partial charge in [0.25, 0.3) is 0 Å². The van der Waals surface area contributed by atoms with Gasteiger partial charge in [0, 0.05) is 11.1 Å². The first-order chi connectivity index (χ1) is 12.3. The van der Waals surface area contributed by atoms with Gasteiger partial charge in [-0.1, -0.05) is 91.1 Å². The highest BCUT2D eigenvalue weighted by Gasteiger charge is 2.41. The summed E-state index contributed by atoms with van der Waals surface area (Å²) in [4.78, 5) is 12.6. The molecule has 0 fully saturated rings. The molecule has 0 aromatic heterocycles. The second-order valence-electron chi connectivity index (χ2n) is 8.15. The molecule has 0 aliphatic rings. The number of benzene rings is 1. The summed E-state index contributed by atoms with van der Waals surface area (Å²) >= 11 is 0. The van der Waals surface area contributed by atoms with Crippen molar-refractivity contribution in [2.24, 2.45) is 0 Å². The summed E-state index contributed by atoms with van der Waals surface area (Å²) < 4.78 is 0. The summed E-state index contributed by atoms with van der Waals surface area (Å²) in [5.74, 6) is 3.56. The smallest absolute Gasteiger partial charge is 0.186 e. The van der Waals surface area contributed by atoms with Crippen LogP contribution in [-0.4, -0.2) is 13.9 Å². The maximum absolute atomic E-state index is 12.6. The number of hydrogen-bond donors (Lipinski definition) is 0. The van der Waals surface area contributed by atoms with Crippen LogP contribution in [0.15, 0.2) is 42.0 Å². The first-order valence-electron chi connectivity index (χ1n) is 10.1. The Hall–Kier alpha value is -1.59.